The molecule has 0 aromatic heterocycles. The van der Waals surface area contributed by atoms with Crippen molar-refractivity contribution in [2.24, 2.45) is 0 Å². The molecule has 1 unspecified atom stereocenters. The lowest BCUT2D eigenvalue weighted by Crippen LogP contribution is -2.55. The quantitative estimate of drug-likeness (QED) is 0.659. The lowest BCUT2D eigenvalue weighted by Gasteiger charge is -2.40. The first-order chi connectivity index (χ1) is 10.4. The summed E-state index contributed by atoms with van der Waals surface area (Å²) in [5.41, 5.74) is 0.777. The minimum Gasteiger partial charge on any atom is -0.0801 e. The van der Waals surface area contributed by atoms with Gasteiger partial charge in [0.15, 0.2) is 0 Å². The Labute approximate surface area is 139 Å². The molecule has 1 aliphatic heterocycles. The Morgan fingerprint density at radius 2 is 1.68 bits per heavy atom. The van der Waals surface area contributed by atoms with E-state index in [-0.39, 0.29) is 0 Å². The van der Waals surface area contributed by atoms with Crippen molar-refractivity contribution in [3.63, 3.8) is 0 Å². The van der Waals surface area contributed by atoms with E-state index in [9.17, 15) is 0 Å². The molecule has 1 heterocycles. The summed E-state index contributed by atoms with van der Waals surface area (Å²) in [6.45, 7) is 10.5. The van der Waals surface area contributed by atoms with Crippen molar-refractivity contribution < 1.29 is 0 Å². The second-order valence-electron chi connectivity index (χ2n) is 8.14. The van der Waals surface area contributed by atoms with Crippen molar-refractivity contribution in [2.45, 2.75) is 50.2 Å². The smallest absolute Gasteiger partial charge is 0.0638 e. The van der Waals surface area contributed by atoms with Crippen LogP contribution in [0.15, 0.2) is 54.6 Å². The van der Waals surface area contributed by atoms with Crippen molar-refractivity contribution in [3.05, 3.63) is 54.6 Å². The van der Waals surface area contributed by atoms with Crippen LogP contribution in [0.3, 0.4) is 0 Å². The zero-order valence-electron chi connectivity index (χ0n) is 14.4. The van der Waals surface area contributed by atoms with E-state index in [1.54, 1.807) is 5.19 Å². The molecule has 0 radical (unpaired) electrons. The van der Waals surface area contributed by atoms with Gasteiger partial charge in [0.2, 0.25) is 0 Å². The number of rotatable bonds is 1. The first kappa shape index (κ1) is 16.1. The highest BCUT2D eigenvalue weighted by molar-refractivity contribution is 7.39. The molecule has 0 amide bonds. The van der Waals surface area contributed by atoms with Gasteiger partial charge in [0.1, 0.15) is 0 Å². The van der Waals surface area contributed by atoms with Crippen LogP contribution >= 0.6 is 0 Å². The molecule has 0 bridgehead atoms. The maximum absolute atomic E-state index is 2.66. The number of hydrogen-bond donors (Lipinski definition) is 0. The lowest BCUT2D eigenvalue weighted by molar-refractivity contribution is 1.00. The standard InChI is InChI=1S/C19H28Si3/c1-21(2)15-10-16-22(3,4)20(17-11-6-5-7-12-17)18-13-8-9-14-19(18)21/h5-9,11-14,19H,10,15-16H2,1-4H3/b20-18-. The third kappa shape index (κ3) is 2.99. The van der Waals surface area contributed by atoms with Gasteiger partial charge < -0.3 is 0 Å². The molecule has 1 aromatic carbocycles. The molecule has 1 atom stereocenters. The Kier molecular flexibility index (Phi) is 4.40. The minimum absolute atomic E-state index is 0.577. The molecule has 0 N–H and O–H groups in total. The Hall–Kier alpha value is -0.779. The number of allylic oxidation sites excluding steroid dienone is 4. The van der Waals surface area contributed by atoms with Crippen molar-refractivity contribution >= 4 is 33.9 Å². The first-order valence-electron chi connectivity index (χ1n) is 8.57. The summed E-state index contributed by atoms with van der Waals surface area (Å²) in [6.07, 6.45) is 11.1. The van der Waals surface area contributed by atoms with Gasteiger partial charge in [0, 0.05) is 7.93 Å². The summed E-state index contributed by atoms with van der Waals surface area (Å²) in [5.74, 6) is 0. The fourth-order valence-corrected chi connectivity index (χ4v) is 21.2. The summed E-state index contributed by atoms with van der Waals surface area (Å²) >= 11 is 0. The third-order valence-electron chi connectivity index (χ3n) is 5.52. The number of fused-ring (bicyclic) bond motifs is 1. The molecular weight excluding hydrogens is 312 g/mol. The number of hydrogen-bond acceptors (Lipinski definition) is 0. The van der Waals surface area contributed by atoms with Crippen molar-refractivity contribution in [2.75, 3.05) is 0 Å². The zero-order valence-corrected chi connectivity index (χ0v) is 17.4. The Morgan fingerprint density at radius 3 is 2.41 bits per heavy atom. The maximum Gasteiger partial charge on any atom is 0.0638 e. The molecule has 1 aromatic rings. The van der Waals surface area contributed by atoms with Crippen molar-refractivity contribution in [1.29, 1.82) is 0 Å². The highest BCUT2D eigenvalue weighted by Gasteiger charge is 2.40. The SMILES string of the molecule is C[Si]1(C)CCC[Si](C)(C)/[Si](c2ccccc2)=C2/C=CC=CC21. The van der Waals surface area contributed by atoms with Gasteiger partial charge in [0.25, 0.3) is 0 Å². The predicted molar refractivity (Wildman–Crippen MR) is 108 cm³/mol. The zero-order chi connectivity index (χ0) is 15.8. The van der Waals surface area contributed by atoms with E-state index in [1.165, 1.54) is 18.5 Å². The topological polar surface area (TPSA) is 0 Å². The van der Waals surface area contributed by atoms with Gasteiger partial charge in [-0.3, -0.25) is 0 Å². The third-order valence-corrected chi connectivity index (χ3v) is 21.1. The maximum atomic E-state index is 2.66. The average molecular weight is 341 g/mol. The van der Waals surface area contributed by atoms with Gasteiger partial charge in [0.05, 0.1) is 15.7 Å². The number of benzene rings is 1. The summed E-state index contributed by atoms with van der Waals surface area (Å²) in [5, 5.41) is 3.50. The van der Waals surface area contributed by atoms with E-state index in [4.69, 9.17) is 0 Å². The second kappa shape index (κ2) is 6.02. The van der Waals surface area contributed by atoms with Crippen molar-refractivity contribution in [3.8, 4) is 0 Å². The van der Waals surface area contributed by atoms with Crippen LogP contribution < -0.4 is 5.19 Å². The van der Waals surface area contributed by atoms with Crippen LogP contribution in [-0.2, 0) is 0 Å². The molecule has 0 nitrogen and oxygen atoms in total. The van der Waals surface area contributed by atoms with Crippen LogP contribution in [-0.4, -0.2) is 28.8 Å². The van der Waals surface area contributed by atoms with E-state index in [0.29, 0.717) is 0 Å². The van der Waals surface area contributed by atoms with Gasteiger partial charge in [-0.1, -0.05) is 105 Å². The molecule has 0 saturated carbocycles. The molecule has 3 heteroatoms. The van der Waals surface area contributed by atoms with Crippen LogP contribution in [0.25, 0.3) is 0 Å². The van der Waals surface area contributed by atoms with E-state index < -0.39 is 23.6 Å². The monoisotopic (exact) mass is 340 g/mol. The predicted octanol–water partition coefficient (Wildman–Crippen LogP) is 4.54. The average Bonchev–Trinajstić information content (AvgIpc) is 2.47. The molecule has 1 aliphatic carbocycles. The highest BCUT2D eigenvalue weighted by atomic mass is 29.2. The normalized spacial score (nSPS) is 29.5. The Morgan fingerprint density at radius 1 is 0.955 bits per heavy atom. The van der Waals surface area contributed by atoms with Gasteiger partial charge in [-0.05, 0) is 10.7 Å². The molecule has 2 aliphatic rings. The fraction of sp³-hybridized carbons (Fsp3) is 0.421. The molecule has 22 heavy (non-hydrogen) atoms. The van der Waals surface area contributed by atoms with Gasteiger partial charge >= 0.3 is 0 Å². The van der Waals surface area contributed by atoms with E-state index in [2.05, 4.69) is 80.8 Å². The molecule has 0 fully saturated rings. The Bertz CT molecular complexity index is 636. The summed E-state index contributed by atoms with van der Waals surface area (Å²) in [6, 6.07) is 14.5. The largest absolute Gasteiger partial charge is 0.0801 e. The molecule has 0 saturated heterocycles. The summed E-state index contributed by atoms with van der Waals surface area (Å²) < 4.78 is 0. The Balaban J connectivity index is 2.25. The van der Waals surface area contributed by atoms with Gasteiger partial charge in [-0.25, -0.2) is 0 Å². The fourth-order valence-electron chi connectivity index (χ4n) is 4.28. The van der Waals surface area contributed by atoms with Gasteiger partial charge in [-0.15, -0.1) is 0 Å². The molecule has 0 spiro atoms. The second-order valence-corrected chi connectivity index (χ2v) is 25.0. The van der Waals surface area contributed by atoms with Crippen LogP contribution in [0, 0.1) is 0 Å². The van der Waals surface area contributed by atoms with E-state index >= 15 is 0 Å². The highest BCUT2D eigenvalue weighted by Crippen LogP contribution is 2.36. The van der Waals surface area contributed by atoms with Crippen LogP contribution in [0.5, 0.6) is 0 Å². The first-order valence-corrected chi connectivity index (χ1v) is 17.6. The molecule has 116 valence electrons. The minimum atomic E-state index is -1.21. The molecular formula is C19H28Si3. The van der Waals surface area contributed by atoms with Crippen LogP contribution in [0.2, 0.25) is 43.8 Å². The van der Waals surface area contributed by atoms with E-state index in [1.807, 2.05) is 5.17 Å². The lowest BCUT2D eigenvalue weighted by atomic mass is 10.2. The summed E-state index contributed by atoms with van der Waals surface area (Å²) in [7, 11) is -2.99. The molecule has 3 rings (SSSR count). The van der Waals surface area contributed by atoms with Crippen LogP contribution in [0.1, 0.15) is 6.42 Å². The van der Waals surface area contributed by atoms with Crippen LogP contribution in [0.4, 0.5) is 0 Å². The van der Waals surface area contributed by atoms with Crippen molar-refractivity contribution in [1.82, 2.24) is 0 Å². The van der Waals surface area contributed by atoms with E-state index in [0.717, 1.165) is 5.54 Å². The van der Waals surface area contributed by atoms with Gasteiger partial charge in [-0.2, -0.15) is 0 Å². The summed E-state index contributed by atoms with van der Waals surface area (Å²) in [4.78, 5) is 0.